The SMILES string of the molecule is Cc1ccc2nc(-c3ccc(NC(=O)[C@H]4CCC(=O)N4)cc3)sc2c1. The molecule has 25 heavy (non-hydrogen) atoms. The fourth-order valence-corrected chi connectivity index (χ4v) is 3.96. The number of rotatable bonds is 3. The summed E-state index contributed by atoms with van der Waals surface area (Å²) in [6.07, 6.45) is 0.960. The van der Waals surface area contributed by atoms with Crippen molar-refractivity contribution in [2.45, 2.75) is 25.8 Å². The summed E-state index contributed by atoms with van der Waals surface area (Å²) >= 11 is 1.66. The molecule has 1 aliphatic rings. The summed E-state index contributed by atoms with van der Waals surface area (Å²) < 4.78 is 1.17. The number of amides is 2. The normalized spacial score (nSPS) is 16.8. The Labute approximate surface area is 149 Å². The van der Waals surface area contributed by atoms with Gasteiger partial charge in [-0.25, -0.2) is 4.98 Å². The van der Waals surface area contributed by atoms with Gasteiger partial charge in [-0.05, 0) is 55.3 Å². The number of thiazole rings is 1. The van der Waals surface area contributed by atoms with Crippen LogP contribution in [-0.2, 0) is 9.59 Å². The zero-order chi connectivity index (χ0) is 17.4. The molecule has 1 aromatic heterocycles. The molecule has 0 aliphatic carbocycles. The summed E-state index contributed by atoms with van der Waals surface area (Å²) in [5.41, 5.74) is 3.96. The Morgan fingerprint density at radius 2 is 2.04 bits per heavy atom. The molecule has 4 rings (SSSR count). The van der Waals surface area contributed by atoms with E-state index >= 15 is 0 Å². The number of nitrogens with zero attached hydrogens (tertiary/aromatic N) is 1. The zero-order valence-electron chi connectivity index (χ0n) is 13.7. The first-order valence-corrected chi connectivity index (χ1v) is 8.98. The van der Waals surface area contributed by atoms with Gasteiger partial charge < -0.3 is 10.6 Å². The standard InChI is InChI=1S/C19H17N3O2S/c1-11-2-7-14-16(10-11)25-19(22-14)12-3-5-13(6-4-12)20-18(24)15-8-9-17(23)21-15/h2-7,10,15H,8-9H2,1H3,(H,20,24)(H,21,23)/t15-/m1/s1. The molecule has 0 unspecified atom stereocenters. The molecule has 2 N–H and O–H groups in total. The maximum Gasteiger partial charge on any atom is 0.246 e. The van der Waals surface area contributed by atoms with Crippen LogP contribution in [0.15, 0.2) is 42.5 Å². The third-order valence-corrected chi connectivity index (χ3v) is 5.32. The van der Waals surface area contributed by atoms with Crippen LogP contribution in [0.25, 0.3) is 20.8 Å². The third kappa shape index (κ3) is 3.25. The molecule has 0 saturated carbocycles. The van der Waals surface area contributed by atoms with Crippen molar-refractivity contribution in [3.63, 3.8) is 0 Å². The van der Waals surface area contributed by atoms with Crippen molar-refractivity contribution < 1.29 is 9.59 Å². The molecule has 0 radical (unpaired) electrons. The smallest absolute Gasteiger partial charge is 0.246 e. The van der Waals surface area contributed by atoms with Crippen LogP contribution in [0.3, 0.4) is 0 Å². The number of aromatic nitrogens is 1. The molecular formula is C19H17N3O2S. The molecule has 1 aliphatic heterocycles. The highest BCUT2D eigenvalue weighted by Crippen LogP contribution is 2.31. The van der Waals surface area contributed by atoms with E-state index in [4.69, 9.17) is 0 Å². The summed E-state index contributed by atoms with van der Waals surface area (Å²) in [5.74, 6) is -0.240. The van der Waals surface area contributed by atoms with E-state index in [2.05, 4.69) is 34.7 Å². The van der Waals surface area contributed by atoms with Gasteiger partial charge in [0.15, 0.2) is 0 Å². The Kier molecular flexibility index (Phi) is 3.97. The summed E-state index contributed by atoms with van der Waals surface area (Å²) in [6, 6.07) is 13.4. The van der Waals surface area contributed by atoms with Gasteiger partial charge in [0, 0.05) is 17.7 Å². The Hall–Kier alpha value is -2.73. The van der Waals surface area contributed by atoms with Gasteiger partial charge in [-0.15, -0.1) is 11.3 Å². The zero-order valence-corrected chi connectivity index (χ0v) is 14.5. The van der Waals surface area contributed by atoms with E-state index in [9.17, 15) is 9.59 Å². The van der Waals surface area contributed by atoms with E-state index in [1.54, 1.807) is 11.3 Å². The predicted octanol–water partition coefficient (Wildman–Crippen LogP) is 3.49. The lowest BCUT2D eigenvalue weighted by Gasteiger charge is -2.11. The molecule has 2 amide bonds. The van der Waals surface area contributed by atoms with E-state index < -0.39 is 6.04 Å². The largest absolute Gasteiger partial charge is 0.344 e. The molecule has 1 fully saturated rings. The van der Waals surface area contributed by atoms with Crippen molar-refractivity contribution in [3.8, 4) is 10.6 Å². The minimum Gasteiger partial charge on any atom is -0.344 e. The summed E-state index contributed by atoms with van der Waals surface area (Å²) in [5, 5.41) is 6.48. The van der Waals surface area contributed by atoms with E-state index in [0.717, 1.165) is 16.1 Å². The van der Waals surface area contributed by atoms with E-state index in [1.807, 2.05) is 30.3 Å². The second kappa shape index (κ2) is 6.29. The van der Waals surface area contributed by atoms with Gasteiger partial charge in [0.25, 0.3) is 0 Å². The topological polar surface area (TPSA) is 71.1 Å². The lowest BCUT2D eigenvalue weighted by molar-refractivity contribution is -0.122. The van der Waals surface area contributed by atoms with Crippen LogP contribution in [0, 0.1) is 6.92 Å². The number of hydrogen-bond acceptors (Lipinski definition) is 4. The second-order valence-corrected chi connectivity index (χ2v) is 7.25. The van der Waals surface area contributed by atoms with Gasteiger partial charge in [-0.1, -0.05) is 6.07 Å². The molecule has 126 valence electrons. The first-order chi connectivity index (χ1) is 12.1. The Morgan fingerprint density at radius 3 is 2.76 bits per heavy atom. The van der Waals surface area contributed by atoms with Gasteiger partial charge in [0.2, 0.25) is 11.8 Å². The van der Waals surface area contributed by atoms with Crippen molar-refractivity contribution in [2.24, 2.45) is 0 Å². The summed E-state index contributed by atoms with van der Waals surface area (Å²) in [4.78, 5) is 28.0. The first-order valence-electron chi connectivity index (χ1n) is 8.16. The van der Waals surface area contributed by atoms with Gasteiger partial charge in [0.1, 0.15) is 11.0 Å². The van der Waals surface area contributed by atoms with Gasteiger partial charge >= 0.3 is 0 Å². The van der Waals surface area contributed by atoms with Crippen LogP contribution in [0.1, 0.15) is 18.4 Å². The Balaban J connectivity index is 1.51. The van der Waals surface area contributed by atoms with Crippen molar-refractivity contribution in [1.29, 1.82) is 0 Å². The maximum atomic E-state index is 12.1. The molecular weight excluding hydrogens is 334 g/mol. The Morgan fingerprint density at radius 1 is 1.24 bits per heavy atom. The number of carbonyl (C=O) groups excluding carboxylic acids is 2. The predicted molar refractivity (Wildman–Crippen MR) is 99.6 cm³/mol. The maximum absolute atomic E-state index is 12.1. The van der Waals surface area contributed by atoms with E-state index in [1.165, 1.54) is 10.3 Å². The number of anilines is 1. The minimum atomic E-state index is -0.431. The Bertz CT molecular complexity index is 962. The highest BCUT2D eigenvalue weighted by atomic mass is 32.1. The molecule has 2 aromatic carbocycles. The summed E-state index contributed by atoms with van der Waals surface area (Å²) in [7, 11) is 0. The molecule has 0 bridgehead atoms. The number of fused-ring (bicyclic) bond motifs is 1. The number of hydrogen-bond donors (Lipinski definition) is 2. The molecule has 1 saturated heterocycles. The lowest BCUT2D eigenvalue weighted by Crippen LogP contribution is -2.37. The van der Waals surface area contributed by atoms with Crippen LogP contribution >= 0.6 is 11.3 Å². The average molecular weight is 351 g/mol. The molecule has 1 atom stereocenters. The molecule has 5 nitrogen and oxygen atoms in total. The molecule has 2 heterocycles. The van der Waals surface area contributed by atoms with Crippen molar-refractivity contribution in [1.82, 2.24) is 10.3 Å². The fourth-order valence-electron chi connectivity index (χ4n) is 2.89. The second-order valence-electron chi connectivity index (χ2n) is 6.22. The fraction of sp³-hybridized carbons (Fsp3) is 0.211. The highest BCUT2D eigenvalue weighted by molar-refractivity contribution is 7.21. The quantitative estimate of drug-likeness (QED) is 0.759. The number of aryl methyl sites for hydroxylation is 1. The molecule has 6 heteroatoms. The number of benzene rings is 2. The first kappa shape index (κ1) is 15.8. The van der Waals surface area contributed by atoms with Gasteiger partial charge in [-0.3, -0.25) is 9.59 Å². The van der Waals surface area contributed by atoms with Crippen LogP contribution in [0.2, 0.25) is 0 Å². The van der Waals surface area contributed by atoms with Crippen molar-refractivity contribution in [2.75, 3.05) is 5.32 Å². The molecule has 0 spiro atoms. The third-order valence-electron chi connectivity index (χ3n) is 4.26. The summed E-state index contributed by atoms with van der Waals surface area (Å²) in [6.45, 7) is 2.07. The van der Waals surface area contributed by atoms with Crippen LogP contribution in [-0.4, -0.2) is 22.8 Å². The molecule has 3 aromatic rings. The number of nitrogens with one attached hydrogen (secondary N) is 2. The monoisotopic (exact) mass is 351 g/mol. The van der Waals surface area contributed by atoms with Gasteiger partial charge in [0.05, 0.1) is 10.2 Å². The number of carbonyl (C=O) groups is 2. The van der Waals surface area contributed by atoms with E-state index in [0.29, 0.717) is 18.5 Å². The van der Waals surface area contributed by atoms with Crippen LogP contribution in [0.4, 0.5) is 5.69 Å². The van der Waals surface area contributed by atoms with Crippen molar-refractivity contribution >= 4 is 39.1 Å². The van der Waals surface area contributed by atoms with Crippen LogP contribution in [0.5, 0.6) is 0 Å². The lowest BCUT2D eigenvalue weighted by atomic mass is 10.2. The minimum absolute atomic E-state index is 0.0680. The van der Waals surface area contributed by atoms with Gasteiger partial charge in [-0.2, -0.15) is 0 Å². The van der Waals surface area contributed by atoms with Crippen molar-refractivity contribution in [3.05, 3.63) is 48.0 Å². The average Bonchev–Trinajstić information content (AvgIpc) is 3.21. The van der Waals surface area contributed by atoms with Crippen LogP contribution < -0.4 is 10.6 Å². The highest BCUT2D eigenvalue weighted by Gasteiger charge is 2.27. The van der Waals surface area contributed by atoms with E-state index in [-0.39, 0.29) is 11.8 Å².